The van der Waals surface area contributed by atoms with Crippen molar-refractivity contribution in [1.29, 1.82) is 0 Å². The summed E-state index contributed by atoms with van der Waals surface area (Å²) in [5.74, 6) is 0. The molecule has 1 aliphatic rings. The molecule has 0 atom stereocenters. The van der Waals surface area contributed by atoms with E-state index in [4.69, 9.17) is 0 Å². The molecule has 0 unspecified atom stereocenters. The third kappa shape index (κ3) is 3.46. The number of carbonyl (C=O) groups excluding carboxylic acids is 1. The van der Waals surface area contributed by atoms with Crippen molar-refractivity contribution in [2.75, 3.05) is 6.54 Å². The Labute approximate surface area is 101 Å². The molecule has 2 rings (SSSR count). The molecule has 0 aromatic heterocycles. The zero-order valence-electron chi connectivity index (χ0n) is 9.78. The average molecular weight is 234 g/mol. The van der Waals surface area contributed by atoms with Gasteiger partial charge < -0.3 is 15.7 Å². The van der Waals surface area contributed by atoms with Crippen LogP contribution in [0.1, 0.15) is 24.8 Å². The number of rotatable bonds is 4. The smallest absolute Gasteiger partial charge is 0.315 e. The van der Waals surface area contributed by atoms with E-state index in [0.717, 1.165) is 24.8 Å². The van der Waals surface area contributed by atoms with Gasteiger partial charge in [-0.2, -0.15) is 0 Å². The Morgan fingerprint density at radius 2 is 1.94 bits per heavy atom. The number of urea groups is 1. The van der Waals surface area contributed by atoms with Crippen LogP contribution >= 0.6 is 0 Å². The normalized spacial score (nSPS) is 17.0. The third-order valence-electron chi connectivity index (χ3n) is 3.16. The molecular formula is C13H18N2O2. The van der Waals surface area contributed by atoms with E-state index in [1.54, 1.807) is 0 Å². The number of benzene rings is 1. The Morgan fingerprint density at radius 1 is 1.24 bits per heavy atom. The van der Waals surface area contributed by atoms with Crippen LogP contribution in [0.15, 0.2) is 30.3 Å². The monoisotopic (exact) mass is 234 g/mol. The van der Waals surface area contributed by atoms with Crippen molar-refractivity contribution >= 4 is 6.03 Å². The maximum atomic E-state index is 11.5. The maximum absolute atomic E-state index is 11.5. The molecule has 1 aromatic carbocycles. The molecule has 4 heteroatoms. The summed E-state index contributed by atoms with van der Waals surface area (Å²) in [6.45, 7) is 0.846. The van der Waals surface area contributed by atoms with E-state index in [-0.39, 0.29) is 6.03 Å². The van der Waals surface area contributed by atoms with Crippen LogP contribution in [-0.4, -0.2) is 23.3 Å². The van der Waals surface area contributed by atoms with Gasteiger partial charge in [-0.05, 0) is 24.8 Å². The van der Waals surface area contributed by atoms with Gasteiger partial charge in [-0.15, -0.1) is 0 Å². The highest BCUT2D eigenvalue weighted by molar-refractivity contribution is 5.73. The fraction of sp³-hybridized carbons (Fsp3) is 0.462. The Kier molecular flexibility index (Phi) is 3.64. The number of aliphatic hydroxyl groups is 1. The fourth-order valence-corrected chi connectivity index (χ4v) is 1.85. The van der Waals surface area contributed by atoms with Crippen LogP contribution in [0.5, 0.6) is 0 Å². The molecule has 1 aliphatic carbocycles. The molecule has 1 saturated carbocycles. The van der Waals surface area contributed by atoms with E-state index in [1.165, 1.54) is 0 Å². The summed E-state index contributed by atoms with van der Waals surface area (Å²) in [6, 6.07) is 9.50. The van der Waals surface area contributed by atoms with E-state index < -0.39 is 5.60 Å². The first-order valence-electron chi connectivity index (χ1n) is 5.96. The Morgan fingerprint density at radius 3 is 2.53 bits per heavy atom. The van der Waals surface area contributed by atoms with Crippen molar-refractivity contribution in [1.82, 2.24) is 10.6 Å². The highest BCUT2D eigenvalue weighted by atomic mass is 16.3. The van der Waals surface area contributed by atoms with Crippen LogP contribution < -0.4 is 10.6 Å². The first-order valence-corrected chi connectivity index (χ1v) is 5.96. The minimum atomic E-state index is -0.663. The largest absolute Gasteiger partial charge is 0.388 e. The molecule has 92 valence electrons. The topological polar surface area (TPSA) is 61.4 Å². The average Bonchev–Trinajstić information content (AvgIpc) is 2.33. The van der Waals surface area contributed by atoms with E-state index >= 15 is 0 Å². The van der Waals surface area contributed by atoms with Crippen LogP contribution in [0.2, 0.25) is 0 Å². The standard InChI is InChI=1S/C13H18N2O2/c16-12(15-10-13(17)7-4-8-13)14-9-11-5-2-1-3-6-11/h1-3,5-6,17H,4,7-10H2,(H2,14,15,16). The lowest BCUT2D eigenvalue weighted by molar-refractivity contribution is -0.0290. The van der Waals surface area contributed by atoms with Gasteiger partial charge in [0.2, 0.25) is 0 Å². The van der Waals surface area contributed by atoms with Gasteiger partial charge in [0.25, 0.3) is 0 Å². The van der Waals surface area contributed by atoms with Crippen molar-refractivity contribution in [2.45, 2.75) is 31.4 Å². The van der Waals surface area contributed by atoms with Gasteiger partial charge in [0.05, 0.1) is 5.60 Å². The molecular weight excluding hydrogens is 216 g/mol. The van der Waals surface area contributed by atoms with E-state index in [9.17, 15) is 9.90 Å². The zero-order chi connectivity index (χ0) is 12.1. The van der Waals surface area contributed by atoms with Gasteiger partial charge in [-0.25, -0.2) is 4.79 Å². The lowest BCUT2D eigenvalue weighted by Crippen LogP contribution is -2.49. The van der Waals surface area contributed by atoms with Crippen molar-refractivity contribution < 1.29 is 9.90 Å². The molecule has 2 amide bonds. The molecule has 0 radical (unpaired) electrons. The molecule has 0 saturated heterocycles. The maximum Gasteiger partial charge on any atom is 0.315 e. The summed E-state index contributed by atoms with van der Waals surface area (Å²) in [6.07, 6.45) is 2.61. The second-order valence-corrected chi connectivity index (χ2v) is 4.60. The summed E-state index contributed by atoms with van der Waals surface area (Å²) in [7, 11) is 0. The fourth-order valence-electron chi connectivity index (χ4n) is 1.85. The second-order valence-electron chi connectivity index (χ2n) is 4.60. The number of hydrogen-bond acceptors (Lipinski definition) is 2. The molecule has 0 spiro atoms. The first-order chi connectivity index (χ1) is 8.18. The lowest BCUT2D eigenvalue weighted by atomic mass is 9.80. The highest BCUT2D eigenvalue weighted by Crippen LogP contribution is 2.30. The first kappa shape index (κ1) is 11.9. The zero-order valence-corrected chi connectivity index (χ0v) is 9.78. The number of carbonyl (C=O) groups is 1. The van der Waals surface area contributed by atoms with E-state index in [0.29, 0.717) is 13.1 Å². The van der Waals surface area contributed by atoms with Gasteiger partial charge in [0.1, 0.15) is 0 Å². The Balaban J connectivity index is 1.67. The van der Waals surface area contributed by atoms with Crippen LogP contribution in [0, 0.1) is 0 Å². The summed E-state index contributed by atoms with van der Waals surface area (Å²) < 4.78 is 0. The number of nitrogens with one attached hydrogen (secondary N) is 2. The molecule has 0 aliphatic heterocycles. The SMILES string of the molecule is O=C(NCc1ccccc1)NCC1(O)CCC1. The molecule has 17 heavy (non-hydrogen) atoms. The van der Waals surface area contributed by atoms with Gasteiger partial charge in [-0.3, -0.25) is 0 Å². The van der Waals surface area contributed by atoms with Crippen LogP contribution in [0.4, 0.5) is 4.79 Å². The van der Waals surface area contributed by atoms with Crippen LogP contribution in [0.3, 0.4) is 0 Å². The van der Waals surface area contributed by atoms with Gasteiger partial charge in [0, 0.05) is 13.1 Å². The Hall–Kier alpha value is -1.55. The molecule has 1 aromatic rings. The van der Waals surface area contributed by atoms with Crippen molar-refractivity contribution in [3.63, 3.8) is 0 Å². The predicted octanol–water partition coefficient (Wildman–Crippen LogP) is 1.40. The van der Waals surface area contributed by atoms with Crippen molar-refractivity contribution in [3.05, 3.63) is 35.9 Å². The predicted molar refractivity (Wildman–Crippen MR) is 65.5 cm³/mol. The number of amides is 2. The summed E-state index contributed by atoms with van der Waals surface area (Å²) in [4.78, 5) is 11.5. The van der Waals surface area contributed by atoms with Crippen LogP contribution in [0.25, 0.3) is 0 Å². The minimum Gasteiger partial charge on any atom is -0.388 e. The summed E-state index contributed by atoms with van der Waals surface area (Å²) in [5, 5.41) is 15.3. The minimum absolute atomic E-state index is 0.228. The van der Waals surface area contributed by atoms with Crippen LogP contribution in [-0.2, 0) is 6.54 Å². The van der Waals surface area contributed by atoms with Crippen molar-refractivity contribution in [2.24, 2.45) is 0 Å². The molecule has 3 N–H and O–H groups in total. The molecule has 4 nitrogen and oxygen atoms in total. The van der Waals surface area contributed by atoms with Gasteiger partial charge >= 0.3 is 6.03 Å². The molecule has 1 fully saturated rings. The second kappa shape index (κ2) is 5.19. The van der Waals surface area contributed by atoms with E-state index in [1.807, 2.05) is 30.3 Å². The quantitative estimate of drug-likeness (QED) is 0.737. The summed E-state index contributed by atoms with van der Waals surface area (Å²) >= 11 is 0. The molecule has 0 heterocycles. The van der Waals surface area contributed by atoms with Gasteiger partial charge in [0.15, 0.2) is 0 Å². The van der Waals surface area contributed by atoms with Crippen molar-refractivity contribution in [3.8, 4) is 0 Å². The lowest BCUT2D eigenvalue weighted by Gasteiger charge is -2.36. The third-order valence-corrected chi connectivity index (χ3v) is 3.16. The Bertz CT molecular complexity index is 374. The summed E-state index contributed by atoms with van der Waals surface area (Å²) in [5.41, 5.74) is 0.398. The van der Waals surface area contributed by atoms with Gasteiger partial charge in [-0.1, -0.05) is 30.3 Å². The van der Waals surface area contributed by atoms with E-state index in [2.05, 4.69) is 10.6 Å². The number of hydrogen-bond donors (Lipinski definition) is 3. The molecule has 0 bridgehead atoms. The highest BCUT2D eigenvalue weighted by Gasteiger charge is 2.34.